The topological polar surface area (TPSA) is 50.4 Å². The lowest BCUT2D eigenvalue weighted by molar-refractivity contribution is -0.143. The van der Waals surface area contributed by atoms with E-state index in [0.29, 0.717) is 0 Å². The van der Waals surface area contributed by atoms with Gasteiger partial charge in [-0.25, -0.2) is 0 Å². The second-order valence-electron chi connectivity index (χ2n) is 5.42. The second kappa shape index (κ2) is 6.53. The van der Waals surface area contributed by atoms with Gasteiger partial charge in [0.1, 0.15) is 0 Å². The van der Waals surface area contributed by atoms with Crippen molar-refractivity contribution in [3.05, 3.63) is 0 Å². The van der Waals surface area contributed by atoms with Gasteiger partial charge < -0.3 is 15.4 Å². The van der Waals surface area contributed by atoms with E-state index in [2.05, 4.69) is 24.5 Å². The fraction of sp³-hybridized carbons (Fsp3) is 0.929. The molecule has 1 saturated carbocycles. The molecule has 106 valence electrons. The normalized spacial score (nSPS) is 27.4. The van der Waals surface area contributed by atoms with Crippen LogP contribution < -0.4 is 10.6 Å². The maximum absolute atomic E-state index is 12.1. The summed E-state index contributed by atoms with van der Waals surface area (Å²) in [5.74, 6) is 0.165. The van der Waals surface area contributed by atoms with E-state index in [9.17, 15) is 4.79 Å². The number of carbonyl (C=O) groups excluding carboxylic acids is 1. The van der Waals surface area contributed by atoms with E-state index in [1.165, 1.54) is 0 Å². The summed E-state index contributed by atoms with van der Waals surface area (Å²) in [4.78, 5) is 12.1. The van der Waals surface area contributed by atoms with E-state index >= 15 is 0 Å². The van der Waals surface area contributed by atoms with Crippen molar-refractivity contribution in [1.82, 2.24) is 10.6 Å². The Morgan fingerprint density at radius 1 is 1.44 bits per heavy atom. The number of nitrogens with one attached hydrogen (secondary N) is 2. The van der Waals surface area contributed by atoms with E-state index in [1.54, 1.807) is 7.11 Å². The molecule has 0 saturated heterocycles. The minimum atomic E-state index is 0.0167. The smallest absolute Gasteiger partial charge is 0.224 e. The van der Waals surface area contributed by atoms with Crippen LogP contribution in [0.1, 0.15) is 40.0 Å². The van der Waals surface area contributed by atoms with Crippen LogP contribution in [0.3, 0.4) is 0 Å². The maximum atomic E-state index is 12.1. The first-order chi connectivity index (χ1) is 8.55. The van der Waals surface area contributed by atoms with Gasteiger partial charge in [0.25, 0.3) is 0 Å². The molecule has 0 aromatic heterocycles. The zero-order valence-corrected chi connectivity index (χ0v) is 12.4. The number of methoxy groups -OCH3 is 1. The summed E-state index contributed by atoms with van der Waals surface area (Å²) in [5.41, 5.74) is 0.129. The molecule has 0 aromatic rings. The van der Waals surface area contributed by atoms with Crippen LogP contribution in [0.4, 0.5) is 0 Å². The average molecular weight is 256 g/mol. The Kier molecular flexibility index (Phi) is 5.60. The van der Waals surface area contributed by atoms with Gasteiger partial charge in [0.15, 0.2) is 0 Å². The quantitative estimate of drug-likeness (QED) is 0.726. The maximum Gasteiger partial charge on any atom is 0.224 e. The van der Waals surface area contributed by atoms with Gasteiger partial charge in [-0.3, -0.25) is 4.79 Å². The number of rotatable bonds is 7. The monoisotopic (exact) mass is 256 g/mol. The van der Waals surface area contributed by atoms with Crippen molar-refractivity contribution in [2.24, 2.45) is 11.3 Å². The molecule has 18 heavy (non-hydrogen) atoms. The van der Waals surface area contributed by atoms with Crippen LogP contribution in [0, 0.1) is 11.3 Å². The molecule has 0 aromatic carbocycles. The minimum Gasteiger partial charge on any atom is -0.381 e. The highest BCUT2D eigenvalue weighted by molar-refractivity contribution is 5.79. The van der Waals surface area contributed by atoms with Crippen molar-refractivity contribution >= 4 is 5.91 Å². The number of ether oxygens (including phenoxy) is 1. The lowest BCUT2D eigenvalue weighted by Gasteiger charge is -2.55. The summed E-state index contributed by atoms with van der Waals surface area (Å²) in [6, 6.07) is 0.268. The van der Waals surface area contributed by atoms with Gasteiger partial charge in [-0.2, -0.15) is 0 Å². The van der Waals surface area contributed by atoms with E-state index < -0.39 is 0 Å². The largest absolute Gasteiger partial charge is 0.381 e. The van der Waals surface area contributed by atoms with Crippen molar-refractivity contribution < 1.29 is 9.53 Å². The third-order valence-corrected chi connectivity index (χ3v) is 4.66. The third kappa shape index (κ3) is 2.69. The van der Waals surface area contributed by atoms with E-state index in [0.717, 1.165) is 25.8 Å². The predicted octanol–water partition coefficient (Wildman–Crippen LogP) is 1.55. The van der Waals surface area contributed by atoms with Crippen LogP contribution in [0.25, 0.3) is 0 Å². The Bertz CT molecular complexity index is 277. The molecule has 1 amide bonds. The molecular formula is C14H28N2O2. The molecular weight excluding hydrogens is 228 g/mol. The molecule has 3 atom stereocenters. The Hall–Kier alpha value is -0.610. The Morgan fingerprint density at radius 3 is 2.50 bits per heavy atom. The van der Waals surface area contributed by atoms with Gasteiger partial charge in [-0.05, 0) is 26.3 Å². The first kappa shape index (κ1) is 15.4. The van der Waals surface area contributed by atoms with Crippen LogP contribution in [0.2, 0.25) is 0 Å². The molecule has 0 spiro atoms. The first-order valence-corrected chi connectivity index (χ1v) is 7.03. The van der Waals surface area contributed by atoms with Crippen LogP contribution in [-0.2, 0) is 9.53 Å². The molecule has 1 aliphatic carbocycles. The Labute approximate surface area is 111 Å². The summed E-state index contributed by atoms with van der Waals surface area (Å²) in [7, 11) is 3.64. The fourth-order valence-corrected chi connectivity index (χ4v) is 3.19. The van der Waals surface area contributed by atoms with Crippen LogP contribution in [-0.4, -0.2) is 38.8 Å². The first-order valence-electron chi connectivity index (χ1n) is 7.03. The molecule has 0 heterocycles. The Morgan fingerprint density at radius 2 is 2.06 bits per heavy atom. The van der Waals surface area contributed by atoms with Crippen molar-refractivity contribution in [3.63, 3.8) is 0 Å². The van der Waals surface area contributed by atoms with Crippen LogP contribution in [0.5, 0.6) is 0 Å². The minimum absolute atomic E-state index is 0.0167. The van der Waals surface area contributed by atoms with Crippen molar-refractivity contribution in [3.8, 4) is 0 Å². The van der Waals surface area contributed by atoms with Crippen molar-refractivity contribution in [2.45, 2.75) is 52.2 Å². The molecule has 1 fully saturated rings. The van der Waals surface area contributed by atoms with E-state index in [1.807, 2.05) is 14.0 Å². The molecule has 1 aliphatic rings. The SMILES string of the molecule is CCC1(CC)C(NC(=O)C(C)CNC)CC1OC. The van der Waals surface area contributed by atoms with Gasteiger partial charge in [-0.1, -0.05) is 20.8 Å². The summed E-state index contributed by atoms with van der Waals surface area (Å²) in [6.45, 7) is 7.05. The molecule has 0 aliphatic heterocycles. The molecule has 3 unspecified atom stereocenters. The van der Waals surface area contributed by atoms with Gasteiger partial charge >= 0.3 is 0 Å². The zero-order chi connectivity index (χ0) is 13.8. The highest BCUT2D eigenvalue weighted by Gasteiger charge is 2.53. The molecule has 0 radical (unpaired) electrons. The highest BCUT2D eigenvalue weighted by atomic mass is 16.5. The standard InChI is InChI=1S/C14H28N2O2/c1-6-14(7-2)11(8-12(14)18-5)16-13(17)10(3)9-15-4/h10-12,15H,6-9H2,1-5H3,(H,16,17). The second-order valence-corrected chi connectivity index (χ2v) is 5.42. The van der Waals surface area contributed by atoms with E-state index in [-0.39, 0.29) is 29.4 Å². The van der Waals surface area contributed by atoms with Gasteiger partial charge in [-0.15, -0.1) is 0 Å². The van der Waals surface area contributed by atoms with Gasteiger partial charge in [0.05, 0.1) is 6.10 Å². The predicted molar refractivity (Wildman–Crippen MR) is 73.5 cm³/mol. The number of amides is 1. The van der Waals surface area contributed by atoms with Crippen molar-refractivity contribution in [1.29, 1.82) is 0 Å². The van der Waals surface area contributed by atoms with Crippen LogP contribution >= 0.6 is 0 Å². The lowest BCUT2D eigenvalue weighted by Crippen LogP contribution is -2.64. The fourth-order valence-electron chi connectivity index (χ4n) is 3.19. The zero-order valence-electron chi connectivity index (χ0n) is 12.4. The molecule has 4 heteroatoms. The number of hydrogen-bond acceptors (Lipinski definition) is 3. The molecule has 1 rings (SSSR count). The van der Waals surface area contributed by atoms with Crippen molar-refractivity contribution in [2.75, 3.05) is 20.7 Å². The van der Waals surface area contributed by atoms with Gasteiger partial charge in [0.2, 0.25) is 5.91 Å². The number of hydrogen-bond donors (Lipinski definition) is 2. The average Bonchev–Trinajstić information content (AvgIpc) is 2.35. The molecule has 4 nitrogen and oxygen atoms in total. The summed E-state index contributed by atoms with van der Waals surface area (Å²) >= 11 is 0. The highest BCUT2D eigenvalue weighted by Crippen LogP contribution is 2.48. The summed E-state index contributed by atoms with van der Waals surface area (Å²) in [6.07, 6.45) is 3.33. The van der Waals surface area contributed by atoms with E-state index in [4.69, 9.17) is 4.74 Å². The summed E-state index contributed by atoms with van der Waals surface area (Å²) < 4.78 is 5.54. The van der Waals surface area contributed by atoms with Gasteiger partial charge in [0, 0.05) is 31.0 Å². The Balaban J connectivity index is 2.60. The third-order valence-electron chi connectivity index (χ3n) is 4.66. The van der Waals surface area contributed by atoms with Crippen LogP contribution in [0.15, 0.2) is 0 Å². The molecule has 0 bridgehead atoms. The molecule has 2 N–H and O–H groups in total. The summed E-state index contributed by atoms with van der Waals surface area (Å²) in [5, 5.41) is 6.24. The lowest BCUT2D eigenvalue weighted by atomic mass is 9.58. The number of carbonyl (C=O) groups is 1.